The molecule has 1 N–H and O–H groups in total. The summed E-state index contributed by atoms with van der Waals surface area (Å²) in [5.41, 5.74) is -2.01. The van der Waals surface area contributed by atoms with Crippen molar-refractivity contribution in [2.24, 2.45) is 0 Å². The maximum Gasteiger partial charge on any atom is 0.338 e. The van der Waals surface area contributed by atoms with Crippen LogP contribution >= 0.6 is 0 Å². The number of rotatable bonds is 6. The van der Waals surface area contributed by atoms with E-state index in [1.807, 2.05) is 0 Å². The Morgan fingerprint density at radius 3 is 2.06 bits per heavy atom. The van der Waals surface area contributed by atoms with Crippen LogP contribution in [0.15, 0.2) is 12.3 Å². The van der Waals surface area contributed by atoms with Crippen molar-refractivity contribution in [2.75, 3.05) is 21.3 Å². The molecule has 0 bridgehead atoms. The van der Waals surface area contributed by atoms with E-state index in [2.05, 4.69) is 16.1 Å². The predicted octanol–water partition coefficient (Wildman–Crippen LogP) is 0.00380. The van der Waals surface area contributed by atoms with E-state index in [-0.39, 0.29) is 12.2 Å². The number of carbonyl (C=O) groups is 2. The second kappa shape index (κ2) is 6.12. The first-order valence-electron chi connectivity index (χ1n) is 4.49. The molecule has 0 heterocycles. The van der Waals surface area contributed by atoms with Gasteiger partial charge in [-0.1, -0.05) is 6.58 Å². The smallest absolute Gasteiger partial charge is 0.338 e. The molecule has 0 rings (SSSR count). The lowest BCUT2D eigenvalue weighted by Gasteiger charge is -2.24. The summed E-state index contributed by atoms with van der Waals surface area (Å²) in [4.78, 5) is 22.4. The van der Waals surface area contributed by atoms with Gasteiger partial charge in [0.1, 0.15) is 0 Å². The Morgan fingerprint density at radius 1 is 1.12 bits per heavy atom. The van der Waals surface area contributed by atoms with Crippen molar-refractivity contribution in [3.05, 3.63) is 12.3 Å². The fourth-order valence-electron chi connectivity index (χ4n) is 1.11. The summed E-state index contributed by atoms with van der Waals surface area (Å²) in [5, 5.41) is 9.97. The standard InChI is InChI=1S/C10H16O6/c1-7(14-2)5-10(13,9(12)16-4)6-8(11)15-3/h13H,1,5-6H2,2-4H3. The van der Waals surface area contributed by atoms with Crippen LogP contribution in [0.3, 0.4) is 0 Å². The van der Waals surface area contributed by atoms with E-state index in [4.69, 9.17) is 4.74 Å². The molecular formula is C10H16O6. The fourth-order valence-corrected chi connectivity index (χ4v) is 1.11. The Hall–Kier alpha value is -1.56. The van der Waals surface area contributed by atoms with Gasteiger partial charge >= 0.3 is 11.9 Å². The molecule has 0 aromatic rings. The molecule has 0 fully saturated rings. The van der Waals surface area contributed by atoms with E-state index in [1.165, 1.54) is 7.11 Å². The number of hydrogen-bond acceptors (Lipinski definition) is 6. The molecule has 0 radical (unpaired) electrons. The topological polar surface area (TPSA) is 82.1 Å². The number of hydrogen-bond donors (Lipinski definition) is 1. The summed E-state index contributed by atoms with van der Waals surface area (Å²) >= 11 is 0. The highest BCUT2D eigenvalue weighted by molar-refractivity contribution is 5.85. The molecule has 92 valence electrons. The molecule has 0 aliphatic rings. The summed E-state index contributed by atoms with van der Waals surface area (Å²) in [7, 11) is 3.61. The quantitative estimate of drug-likeness (QED) is 0.513. The van der Waals surface area contributed by atoms with Gasteiger partial charge in [0.15, 0.2) is 5.60 Å². The first-order valence-corrected chi connectivity index (χ1v) is 4.49. The minimum absolute atomic E-state index is 0.164. The monoisotopic (exact) mass is 232 g/mol. The first-order chi connectivity index (χ1) is 7.39. The minimum Gasteiger partial charge on any atom is -0.502 e. The van der Waals surface area contributed by atoms with Gasteiger partial charge in [-0.2, -0.15) is 0 Å². The van der Waals surface area contributed by atoms with Crippen LogP contribution in [0.25, 0.3) is 0 Å². The van der Waals surface area contributed by atoms with Crippen LogP contribution in [-0.4, -0.2) is 44.0 Å². The van der Waals surface area contributed by atoms with Crippen molar-refractivity contribution in [2.45, 2.75) is 18.4 Å². The van der Waals surface area contributed by atoms with Gasteiger partial charge in [0, 0.05) is 6.42 Å². The average Bonchev–Trinajstić information content (AvgIpc) is 2.27. The van der Waals surface area contributed by atoms with Crippen LogP contribution in [0.4, 0.5) is 0 Å². The van der Waals surface area contributed by atoms with Crippen LogP contribution in [0.2, 0.25) is 0 Å². The molecule has 6 heteroatoms. The van der Waals surface area contributed by atoms with Crippen LogP contribution < -0.4 is 0 Å². The number of methoxy groups -OCH3 is 3. The molecule has 0 aromatic carbocycles. The Kier molecular flexibility index (Phi) is 5.52. The van der Waals surface area contributed by atoms with Crippen molar-refractivity contribution < 1.29 is 28.9 Å². The van der Waals surface area contributed by atoms with Gasteiger partial charge in [-0.05, 0) is 0 Å². The van der Waals surface area contributed by atoms with Crippen molar-refractivity contribution in [3.8, 4) is 0 Å². The molecule has 16 heavy (non-hydrogen) atoms. The zero-order valence-electron chi connectivity index (χ0n) is 9.61. The molecule has 0 saturated heterocycles. The third kappa shape index (κ3) is 3.90. The van der Waals surface area contributed by atoms with E-state index in [9.17, 15) is 14.7 Å². The Bertz CT molecular complexity index is 265. The van der Waals surface area contributed by atoms with E-state index >= 15 is 0 Å². The van der Waals surface area contributed by atoms with E-state index < -0.39 is 24.0 Å². The molecule has 0 aliphatic heterocycles. The molecule has 1 unspecified atom stereocenters. The molecule has 0 amide bonds. The van der Waals surface area contributed by atoms with Gasteiger partial charge < -0.3 is 19.3 Å². The normalized spacial score (nSPS) is 13.5. The van der Waals surface area contributed by atoms with E-state index in [1.54, 1.807) is 0 Å². The van der Waals surface area contributed by atoms with Crippen LogP contribution in [0.1, 0.15) is 12.8 Å². The van der Waals surface area contributed by atoms with Gasteiger partial charge in [0.2, 0.25) is 0 Å². The van der Waals surface area contributed by atoms with Crippen molar-refractivity contribution in [1.82, 2.24) is 0 Å². The van der Waals surface area contributed by atoms with Gasteiger partial charge in [-0.15, -0.1) is 0 Å². The highest BCUT2D eigenvalue weighted by atomic mass is 16.5. The largest absolute Gasteiger partial charge is 0.502 e. The van der Waals surface area contributed by atoms with E-state index in [0.717, 1.165) is 14.2 Å². The van der Waals surface area contributed by atoms with Gasteiger partial charge in [-0.25, -0.2) is 4.79 Å². The highest BCUT2D eigenvalue weighted by Gasteiger charge is 2.41. The molecule has 0 saturated carbocycles. The Morgan fingerprint density at radius 2 is 1.69 bits per heavy atom. The number of esters is 2. The average molecular weight is 232 g/mol. The van der Waals surface area contributed by atoms with Gasteiger partial charge in [0.05, 0.1) is 33.5 Å². The summed E-state index contributed by atoms with van der Waals surface area (Å²) in [6.45, 7) is 3.47. The highest BCUT2D eigenvalue weighted by Crippen LogP contribution is 2.22. The summed E-state index contributed by atoms with van der Waals surface area (Å²) in [6, 6.07) is 0. The maximum absolute atomic E-state index is 11.4. The molecule has 1 atom stereocenters. The lowest BCUT2D eigenvalue weighted by Crippen LogP contribution is -2.42. The van der Waals surface area contributed by atoms with Crippen LogP contribution in [-0.2, 0) is 23.8 Å². The molecule has 0 aromatic heterocycles. The molecule has 6 nitrogen and oxygen atoms in total. The second-order valence-corrected chi connectivity index (χ2v) is 3.20. The van der Waals surface area contributed by atoms with Crippen molar-refractivity contribution in [1.29, 1.82) is 0 Å². The third-order valence-corrected chi connectivity index (χ3v) is 2.01. The van der Waals surface area contributed by atoms with Gasteiger partial charge in [0.25, 0.3) is 0 Å². The van der Waals surface area contributed by atoms with Gasteiger partial charge in [-0.3, -0.25) is 4.79 Å². The summed E-state index contributed by atoms with van der Waals surface area (Å²) in [5.74, 6) is -1.50. The molecule has 0 spiro atoms. The van der Waals surface area contributed by atoms with Crippen LogP contribution in [0.5, 0.6) is 0 Å². The van der Waals surface area contributed by atoms with Crippen molar-refractivity contribution >= 4 is 11.9 Å². The number of aliphatic hydroxyl groups is 1. The Balaban J connectivity index is 4.81. The lowest BCUT2D eigenvalue weighted by atomic mass is 9.95. The SMILES string of the molecule is C=C(CC(O)(CC(=O)OC)C(=O)OC)OC. The maximum atomic E-state index is 11.4. The predicted molar refractivity (Wildman–Crippen MR) is 54.4 cm³/mol. The third-order valence-electron chi connectivity index (χ3n) is 2.01. The minimum atomic E-state index is -2.01. The zero-order valence-corrected chi connectivity index (χ0v) is 9.61. The Labute approximate surface area is 93.8 Å². The van der Waals surface area contributed by atoms with E-state index in [0.29, 0.717) is 0 Å². The zero-order chi connectivity index (χ0) is 12.8. The van der Waals surface area contributed by atoms with Crippen molar-refractivity contribution in [3.63, 3.8) is 0 Å². The fraction of sp³-hybridized carbons (Fsp3) is 0.600. The van der Waals surface area contributed by atoms with Crippen LogP contribution in [0, 0.1) is 0 Å². The summed E-state index contributed by atoms with van der Waals surface area (Å²) in [6.07, 6.45) is -0.746. The number of ether oxygens (including phenoxy) is 3. The first kappa shape index (κ1) is 14.4. The number of carbonyl (C=O) groups excluding carboxylic acids is 2. The molecular weight excluding hydrogens is 216 g/mol. The lowest BCUT2D eigenvalue weighted by molar-refractivity contribution is -0.169. The second-order valence-electron chi connectivity index (χ2n) is 3.20. The molecule has 0 aliphatic carbocycles. The summed E-state index contributed by atoms with van der Waals surface area (Å²) < 4.78 is 13.5.